The molecule has 1 heteroatoms. The van der Waals surface area contributed by atoms with Gasteiger partial charge in [-0.2, -0.15) is 12.1 Å². The van der Waals surface area contributed by atoms with E-state index in [2.05, 4.69) is 86.6 Å². The van der Waals surface area contributed by atoms with Crippen LogP contribution in [0.2, 0.25) is 0 Å². The Morgan fingerprint density at radius 1 is 0.630 bits per heavy atom. The first-order valence-electron chi connectivity index (χ1n) is 10.1. The van der Waals surface area contributed by atoms with Gasteiger partial charge in [0.05, 0.1) is 0 Å². The van der Waals surface area contributed by atoms with E-state index in [0.29, 0.717) is 0 Å². The predicted molar refractivity (Wildman–Crippen MR) is 116 cm³/mol. The van der Waals surface area contributed by atoms with Gasteiger partial charge in [0.2, 0.25) is 0 Å². The van der Waals surface area contributed by atoms with Crippen LogP contribution in [-0.2, 0) is 38.7 Å². The molecule has 4 aromatic rings. The van der Waals surface area contributed by atoms with Crippen LogP contribution in [0.1, 0.15) is 50.7 Å². The van der Waals surface area contributed by atoms with Gasteiger partial charge in [-0.3, -0.25) is 0 Å². The zero-order valence-electron chi connectivity index (χ0n) is 16.7. The fourth-order valence-electron chi connectivity index (χ4n) is 3.48. The summed E-state index contributed by atoms with van der Waals surface area (Å²) in [5, 5.41) is 5.53. The van der Waals surface area contributed by atoms with Crippen LogP contribution in [0.4, 0.5) is 0 Å². The Balaban J connectivity index is 0.000000187. The summed E-state index contributed by atoms with van der Waals surface area (Å²) in [5.41, 5.74) is 2.98. The van der Waals surface area contributed by atoms with Crippen molar-refractivity contribution in [3.05, 3.63) is 83.9 Å². The molecular formula is C26H30Hf-2. The van der Waals surface area contributed by atoms with E-state index in [1.165, 1.54) is 71.2 Å². The van der Waals surface area contributed by atoms with Gasteiger partial charge in [0.15, 0.2) is 0 Å². The van der Waals surface area contributed by atoms with E-state index in [-0.39, 0.29) is 25.8 Å². The molecule has 0 aliphatic rings. The number of rotatable bonds is 6. The Morgan fingerprint density at radius 3 is 1.41 bits per heavy atom. The Bertz CT molecular complexity index is 781. The predicted octanol–water partition coefficient (Wildman–Crippen LogP) is 7.80. The van der Waals surface area contributed by atoms with E-state index in [0.717, 1.165) is 0 Å². The molecule has 0 spiro atoms. The molecule has 27 heavy (non-hydrogen) atoms. The van der Waals surface area contributed by atoms with Crippen LogP contribution in [0.3, 0.4) is 0 Å². The second-order valence-electron chi connectivity index (χ2n) is 7.19. The first kappa shape index (κ1) is 21.8. The van der Waals surface area contributed by atoms with E-state index < -0.39 is 0 Å². The van der Waals surface area contributed by atoms with E-state index in [4.69, 9.17) is 0 Å². The molecule has 0 unspecified atom stereocenters. The maximum Gasteiger partial charge on any atom is 0 e. The molecule has 0 saturated heterocycles. The van der Waals surface area contributed by atoms with Gasteiger partial charge in [-0.15, -0.1) is 81.2 Å². The molecule has 0 saturated carbocycles. The summed E-state index contributed by atoms with van der Waals surface area (Å²) in [7, 11) is 0. The van der Waals surface area contributed by atoms with Gasteiger partial charge >= 0.3 is 0 Å². The van der Waals surface area contributed by atoms with Crippen molar-refractivity contribution < 1.29 is 25.8 Å². The molecule has 0 fully saturated rings. The second kappa shape index (κ2) is 11.4. The third-order valence-corrected chi connectivity index (χ3v) is 4.99. The number of fused-ring (bicyclic) bond motifs is 2. The largest absolute Gasteiger partial charge is 0.165 e. The van der Waals surface area contributed by atoms with Crippen LogP contribution < -0.4 is 0 Å². The van der Waals surface area contributed by atoms with E-state index in [1.54, 1.807) is 0 Å². The molecule has 0 radical (unpaired) electrons. The number of hydrogen-bond acceptors (Lipinski definition) is 0. The summed E-state index contributed by atoms with van der Waals surface area (Å²) in [5.74, 6) is 0. The summed E-state index contributed by atoms with van der Waals surface area (Å²) < 4.78 is 0. The molecule has 0 N–H and O–H groups in total. The second-order valence-corrected chi connectivity index (χ2v) is 7.19. The van der Waals surface area contributed by atoms with E-state index in [9.17, 15) is 0 Å². The molecule has 140 valence electrons. The van der Waals surface area contributed by atoms with Crippen LogP contribution in [-0.4, -0.2) is 0 Å². The Hall–Kier alpha value is -1.47. The van der Waals surface area contributed by atoms with Gasteiger partial charge in [-0.1, -0.05) is 51.7 Å². The topological polar surface area (TPSA) is 0 Å². The molecule has 0 aliphatic carbocycles. The minimum atomic E-state index is 0. The average molecular weight is 521 g/mol. The van der Waals surface area contributed by atoms with Gasteiger partial charge in [-0.05, 0) is 12.8 Å². The van der Waals surface area contributed by atoms with Gasteiger partial charge in [0.1, 0.15) is 0 Å². The maximum atomic E-state index is 2.31. The van der Waals surface area contributed by atoms with Crippen molar-refractivity contribution in [2.75, 3.05) is 0 Å². The molecule has 0 heterocycles. The van der Waals surface area contributed by atoms with Crippen molar-refractivity contribution >= 4 is 21.5 Å². The zero-order valence-corrected chi connectivity index (χ0v) is 20.3. The van der Waals surface area contributed by atoms with Crippen molar-refractivity contribution in [2.24, 2.45) is 0 Å². The standard InChI is InChI=1S/2C13H15.Hf/c2*1-2-3-6-11-9-12-7-4-5-8-13(12)10-11;/h2*4-5,7-10H,2-3,6H2,1H3;/q2*-1;. The Kier molecular flexibility index (Phi) is 9.21. The van der Waals surface area contributed by atoms with Gasteiger partial charge < -0.3 is 0 Å². The third-order valence-electron chi connectivity index (χ3n) is 4.99. The summed E-state index contributed by atoms with van der Waals surface area (Å²) in [6, 6.07) is 26.4. The van der Waals surface area contributed by atoms with Crippen molar-refractivity contribution in [3.8, 4) is 0 Å². The van der Waals surface area contributed by atoms with Gasteiger partial charge in [0, 0.05) is 25.8 Å². The molecule has 0 atom stereocenters. The number of benzene rings is 2. The number of hydrogen-bond donors (Lipinski definition) is 0. The average Bonchev–Trinajstić information content (AvgIpc) is 3.28. The van der Waals surface area contributed by atoms with Crippen LogP contribution in [0.5, 0.6) is 0 Å². The summed E-state index contributed by atoms with van der Waals surface area (Å²) in [6.07, 6.45) is 7.62. The number of aryl methyl sites for hydroxylation is 2. The summed E-state index contributed by atoms with van der Waals surface area (Å²) in [6.45, 7) is 4.48. The first-order chi connectivity index (χ1) is 12.8. The monoisotopic (exact) mass is 522 g/mol. The van der Waals surface area contributed by atoms with E-state index in [1.807, 2.05) is 0 Å². The summed E-state index contributed by atoms with van der Waals surface area (Å²) >= 11 is 0. The molecule has 0 bridgehead atoms. The van der Waals surface area contributed by atoms with Crippen LogP contribution >= 0.6 is 0 Å². The molecule has 0 nitrogen and oxygen atoms in total. The molecular weight excluding hydrogens is 491 g/mol. The third kappa shape index (κ3) is 6.28. The Morgan fingerprint density at radius 2 is 1.04 bits per heavy atom. The molecule has 0 amide bonds. The smallest absolute Gasteiger partial charge is 0 e. The van der Waals surface area contributed by atoms with E-state index >= 15 is 0 Å². The van der Waals surface area contributed by atoms with Crippen molar-refractivity contribution in [1.29, 1.82) is 0 Å². The normalized spacial score (nSPS) is 10.4. The molecule has 4 aromatic carbocycles. The molecule has 4 rings (SSSR count). The number of unbranched alkanes of at least 4 members (excludes halogenated alkanes) is 2. The fourth-order valence-corrected chi connectivity index (χ4v) is 3.48. The van der Waals surface area contributed by atoms with Crippen molar-refractivity contribution in [1.82, 2.24) is 0 Å². The fraction of sp³-hybridized carbons (Fsp3) is 0.308. The quantitative estimate of drug-likeness (QED) is 0.180. The van der Waals surface area contributed by atoms with Crippen LogP contribution in [0.25, 0.3) is 21.5 Å². The van der Waals surface area contributed by atoms with Crippen molar-refractivity contribution in [2.45, 2.75) is 52.4 Å². The van der Waals surface area contributed by atoms with Gasteiger partial charge in [0.25, 0.3) is 0 Å². The maximum absolute atomic E-state index is 2.31. The summed E-state index contributed by atoms with van der Waals surface area (Å²) in [4.78, 5) is 0. The minimum absolute atomic E-state index is 0. The van der Waals surface area contributed by atoms with Crippen LogP contribution in [0, 0.1) is 0 Å². The first-order valence-corrected chi connectivity index (χ1v) is 10.1. The minimum Gasteiger partial charge on any atom is -0.165 e. The zero-order chi connectivity index (χ0) is 18.2. The van der Waals surface area contributed by atoms with Crippen molar-refractivity contribution in [3.63, 3.8) is 0 Å². The molecule has 0 aliphatic heterocycles. The molecule has 0 aromatic heterocycles. The SMILES string of the molecule is CCCCc1cc2ccccc2[cH-]1.CCCCc1cc2ccccc2[cH-]1.[Hf]. The van der Waals surface area contributed by atoms with Gasteiger partial charge in [-0.25, -0.2) is 0 Å². The Labute approximate surface area is 183 Å². The van der Waals surface area contributed by atoms with Crippen LogP contribution in [0.15, 0.2) is 72.8 Å².